The number of hydrogen-bond donors (Lipinski definition) is 10. The van der Waals surface area contributed by atoms with Crippen LogP contribution >= 0.6 is 0 Å². The van der Waals surface area contributed by atoms with Gasteiger partial charge in [-0.15, -0.1) is 0 Å². The first kappa shape index (κ1) is 29.9. The SMILES string of the molecule is C[C@H](N)C(=O)N[C@@H](Cc1cnc[nH]1)C(=O)N[C@@H](Cc1cnc[nH]1)C(=O)N[C@@H](CO)C(=O)N[C@@H](CO)C(=O)O. The van der Waals surface area contributed by atoms with Crippen molar-refractivity contribution < 1.29 is 39.3 Å². The summed E-state index contributed by atoms with van der Waals surface area (Å²) in [5, 5.41) is 37.0. The van der Waals surface area contributed by atoms with Crippen molar-refractivity contribution in [3.8, 4) is 0 Å². The number of aliphatic carboxylic acids is 1. The molecule has 2 aromatic heterocycles. The number of nitrogens with zero attached hydrogens (tertiary/aromatic N) is 2. The Labute approximate surface area is 216 Å². The van der Waals surface area contributed by atoms with Crippen LogP contribution < -0.4 is 27.0 Å². The first-order valence-corrected chi connectivity index (χ1v) is 11.4. The molecular weight excluding hydrogens is 506 g/mol. The number of nitrogens with two attached hydrogens (primary N) is 1. The van der Waals surface area contributed by atoms with E-state index in [1.54, 1.807) is 0 Å². The molecule has 2 aromatic rings. The molecule has 0 saturated carbocycles. The zero-order chi connectivity index (χ0) is 28.2. The molecule has 0 spiro atoms. The molecule has 0 bridgehead atoms. The van der Waals surface area contributed by atoms with Gasteiger partial charge in [0, 0.05) is 36.6 Å². The predicted octanol–water partition coefficient (Wildman–Crippen LogP) is -4.73. The van der Waals surface area contributed by atoms with Gasteiger partial charge in [-0.2, -0.15) is 0 Å². The first-order chi connectivity index (χ1) is 18.0. The van der Waals surface area contributed by atoms with Crippen LogP contribution in [0.5, 0.6) is 0 Å². The average molecular weight is 538 g/mol. The van der Waals surface area contributed by atoms with Crippen LogP contribution in [0.4, 0.5) is 0 Å². The monoisotopic (exact) mass is 537 g/mol. The number of rotatable bonds is 15. The number of nitrogens with one attached hydrogen (secondary N) is 6. The van der Waals surface area contributed by atoms with Crippen LogP contribution in [-0.2, 0) is 36.8 Å². The highest BCUT2D eigenvalue weighted by Crippen LogP contribution is 2.04. The molecule has 0 saturated heterocycles. The molecule has 0 aliphatic rings. The number of aliphatic hydroxyl groups excluding tert-OH is 2. The third-order valence-electron chi connectivity index (χ3n) is 5.25. The van der Waals surface area contributed by atoms with Gasteiger partial charge in [-0.1, -0.05) is 0 Å². The zero-order valence-corrected chi connectivity index (χ0v) is 20.4. The number of H-pyrrole nitrogens is 2. The van der Waals surface area contributed by atoms with Crippen molar-refractivity contribution in [3.05, 3.63) is 36.4 Å². The Kier molecular flexibility index (Phi) is 11.3. The minimum absolute atomic E-state index is 0.0118. The van der Waals surface area contributed by atoms with Gasteiger partial charge in [0.15, 0.2) is 0 Å². The lowest BCUT2D eigenvalue weighted by molar-refractivity contribution is -0.143. The Bertz CT molecular complexity index is 1070. The van der Waals surface area contributed by atoms with Crippen LogP contribution in [0.1, 0.15) is 18.3 Å². The molecule has 0 unspecified atom stereocenters. The Hall–Kier alpha value is -4.35. The summed E-state index contributed by atoms with van der Waals surface area (Å²) in [4.78, 5) is 75.3. The van der Waals surface area contributed by atoms with Crippen molar-refractivity contribution in [2.24, 2.45) is 5.73 Å². The minimum atomic E-state index is -1.66. The van der Waals surface area contributed by atoms with E-state index in [1.807, 2.05) is 5.32 Å². The average Bonchev–Trinajstić information content (AvgIpc) is 3.58. The molecule has 0 aliphatic heterocycles. The maximum absolute atomic E-state index is 13.2. The van der Waals surface area contributed by atoms with E-state index in [1.165, 1.54) is 32.0 Å². The second-order valence-corrected chi connectivity index (χ2v) is 8.30. The standard InChI is InChI=1S/C21H31N9O8/c1-10(22)17(33)27-13(2-11-4-23-8-25-11)18(34)28-14(3-12-5-24-9-26-12)19(35)29-15(6-31)20(36)30-16(7-32)21(37)38/h4-5,8-10,13-16,31-32H,2-3,6-7,22H2,1H3,(H,23,25)(H,24,26)(H,27,33)(H,28,34)(H,29,35)(H,30,36)(H,37,38)/t10-,13-,14-,15-,16-/m0/s1. The van der Waals surface area contributed by atoms with Crippen molar-refractivity contribution in [1.29, 1.82) is 0 Å². The first-order valence-electron chi connectivity index (χ1n) is 11.4. The molecule has 17 nitrogen and oxygen atoms in total. The summed E-state index contributed by atoms with van der Waals surface area (Å²) in [6.07, 6.45) is 5.46. The number of hydrogen-bond acceptors (Lipinski definition) is 10. The molecule has 4 amide bonds. The molecule has 38 heavy (non-hydrogen) atoms. The quantitative estimate of drug-likeness (QED) is 0.103. The van der Waals surface area contributed by atoms with Gasteiger partial charge >= 0.3 is 5.97 Å². The van der Waals surface area contributed by atoms with Crippen molar-refractivity contribution in [2.75, 3.05) is 13.2 Å². The molecule has 0 aromatic carbocycles. The van der Waals surface area contributed by atoms with Gasteiger partial charge in [-0.25, -0.2) is 14.8 Å². The topological polar surface area (TPSA) is 278 Å². The van der Waals surface area contributed by atoms with E-state index in [0.717, 1.165) is 0 Å². The molecule has 0 aliphatic carbocycles. The van der Waals surface area contributed by atoms with Crippen LogP contribution in [-0.4, -0.2) is 108 Å². The number of aromatic nitrogens is 4. The van der Waals surface area contributed by atoms with Crippen LogP contribution in [0.25, 0.3) is 0 Å². The highest BCUT2D eigenvalue weighted by atomic mass is 16.4. The summed E-state index contributed by atoms with van der Waals surface area (Å²) in [6, 6.07) is -6.67. The summed E-state index contributed by atoms with van der Waals surface area (Å²) >= 11 is 0. The Balaban J connectivity index is 2.21. The highest BCUT2D eigenvalue weighted by molar-refractivity contribution is 5.95. The second kappa shape index (κ2) is 14.4. The summed E-state index contributed by atoms with van der Waals surface area (Å²) in [5.41, 5.74) is 6.56. The molecule has 0 fully saturated rings. The molecule has 5 atom stereocenters. The summed E-state index contributed by atoms with van der Waals surface area (Å²) in [5.74, 6) is -4.88. The summed E-state index contributed by atoms with van der Waals surface area (Å²) < 4.78 is 0. The van der Waals surface area contributed by atoms with Crippen LogP contribution in [0, 0.1) is 0 Å². The van der Waals surface area contributed by atoms with Crippen molar-refractivity contribution >= 4 is 29.6 Å². The van der Waals surface area contributed by atoms with Gasteiger partial charge in [0.1, 0.15) is 24.2 Å². The van der Waals surface area contributed by atoms with Gasteiger partial charge in [0.2, 0.25) is 23.6 Å². The lowest BCUT2D eigenvalue weighted by Crippen LogP contribution is -2.60. The zero-order valence-electron chi connectivity index (χ0n) is 20.4. The maximum atomic E-state index is 13.2. The lowest BCUT2D eigenvalue weighted by atomic mass is 10.1. The predicted molar refractivity (Wildman–Crippen MR) is 128 cm³/mol. The smallest absolute Gasteiger partial charge is 0.328 e. The molecule has 17 heteroatoms. The fourth-order valence-electron chi connectivity index (χ4n) is 3.15. The van der Waals surface area contributed by atoms with Gasteiger partial charge in [-0.3, -0.25) is 19.2 Å². The molecular formula is C21H31N9O8. The fourth-order valence-corrected chi connectivity index (χ4v) is 3.15. The highest BCUT2D eigenvalue weighted by Gasteiger charge is 2.32. The second-order valence-electron chi connectivity index (χ2n) is 8.30. The molecule has 0 radical (unpaired) electrons. The van der Waals surface area contributed by atoms with Crippen molar-refractivity contribution in [3.63, 3.8) is 0 Å². The van der Waals surface area contributed by atoms with Gasteiger partial charge in [0.05, 0.1) is 31.9 Å². The van der Waals surface area contributed by atoms with E-state index < -0.39 is 73.0 Å². The fraction of sp³-hybridized carbons (Fsp3) is 0.476. The third-order valence-corrected chi connectivity index (χ3v) is 5.25. The molecule has 11 N–H and O–H groups in total. The van der Waals surface area contributed by atoms with E-state index in [2.05, 4.69) is 35.9 Å². The van der Waals surface area contributed by atoms with Gasteiger partial charge in [0.25, 0.3) is 0 Å². The lowest BCUT2D eigenvalue weighted by Gasteiger charge is -2.25. The summed E-state index contributed by atoms with van der Waals surface area (Å²) in [6.45, 7) is -0.399. The molecule has 2 heterocycles. The van der Waals surface area contributed by atoms with Gasteiger partial charge < -0.3 is 52.3 Å². The molecule has 2 rings (SSSR count). The number of amides is 4. The number of carboxylic acids is 1. The van der Waals surface area contributed by atoms with Gasteiger partial charge in [-0.05, 0) is 6.92 Å². The van der Waals surface area contributed by atoms with E-state index in [-0.39, 0.29) is 12.8 Å². The normalized spacial score (nSPS) is 14.8. The number of carboxylic acid groups (broad SMARTS) is 1. The van der Waals surface area contributed by atoms with Crippen molar-refractivity contribution in [2.45, 2.75) is 50.0 Å². The molecule has 208 valence electrons. The third kappa shape index (κ3) is 8.95. The number of aromatic amines is 2. The Morgan fingerprint density at radius 3 is 1.53 bits per heavy atom. The number of aliphatic hydroxyl groups is 2. The van der Waals surface area contributed by atoms with Crippen LogP contribution in [0.3, 0.4) is 0 Å². The van der Waals surface area contributed by atoms with E-state index in [9.17, 15) is 29.1 Å². The summed E-state index contributed by atoms with van der Waals surface area (Å²) in [7, 11) is 0. The number of imidazole rings is 2. The van der Waals surface area contributed by atoms with E-state index in [4.69, 9.17) is 15.9 Å². The van der Waals surface area contributed by atoms with E-state index in [0.29, 0.717) is 11.4 Å². The Morgan fingerprint density at radius 2 is 1.16 bits per heavy atom. The van der Waals surface area contributed by atoms with Crippen molar-refractivity contribution in [1.82, 2.24) is 41.2 Å². The van der Waals surface area contributed by atoms with E-state index >= 15 is 0 Å². The number of carbonyl (C=O) groups is 5. The Morgan fingerprint density at radius 1 is 0.763 bits per heavy atom. The minimum Gasteiger partial charge on any atom is -0.480 e. The number of carbonyl (C=O) groups excluding carboxylic acids is 4. The van der Waals surface area contributed by atoms with Crippen LogP contribution in [0.2, 0.25) is 0 Å². The maximum Gasteiger partial charge on any atom is 0.328 e. The van der Waals surface area contributed by atoms with Crippen LogP contribution in [0.15, 0.2) is 25.0 Å². The largest absolute Gasteiger partial charge is 0.480 e.